The first kappa shape index (κ1) is 10.7. The van der Waals surface area contributed by atoms with Gasteiger partial charge in [0.15, 0.2) is 4.71 Å². The van der Waals surface area contributed by atoms with Gasteiger partial charge in [0.1, 0.15) is 0 Å². The van der Waals surface area contributed by atoms with Gasteiger partial charge >= 0.3 is 6.18 Å². The zero-order valence-corrected chi connectivity index (χ0v) is 7.96. The first-order valence-electron chi connectivity index (χ1n) is 3.42. The van der Waals surface area contributed by atoms with E-state index in [1.807, 2.05) is 0 Å². The number of benzene rings is 1. The van der Waals surface area contributed by atoms with Crippen molar-refractivity contribution in [2.45, 2.75) is 15.8 Å². The Morgan fingerprint density at radius 1 is 1.15 bits per heavy atom. The third kappa shape index (κ3) is 3.48. The quantitative estimate of drug-likeness (QED) is 0.544. The summed E-state index contributed by atoms with van der Waals surface area (Å²) in [5.74, 6) is 0. The molecule has 0 nitrogen and oxygen atoms in total. The number of thioether (sulfide) groups is 1. The van der Waals surface area contributed by atoms with Gasteiger partial charge in [-0.2, -0.15) is 13.2 Å². The summed E-state index contributed by atoms with van der Waals surface area (Å²) in [5, 5.41) is 0. The molecule has 0 aliphatic carbocycles. The van der Waals surface area contributed by atoms with E-state index < -0.39 is 10.9 Å². The maximum Gasteiger partial charge on any atom is 0.414 e. The van der Waals surface area contributed by atoms with Gasteiger partial charge in [0.25, 0.3) is 0 Å². The topological polar surface area (TPSA) is 0 Å². The normalized spacial score (nSPS) is 14.2. The number of hydrogen-bond acceptors (Lipinski definition) is 1. The largest absolute Gasteiger partial charge is 0.414 e. The molecule has 1 aromatic rings. The van der Waals surface area contributed by atoms with Gasteiger partial charge in [-0.1, -0.05) is 30.0 Å². The molecule has 0 saturated carbocycles. The van der Waals surface area contributed by atoms with E-state index in [2.05, 4.69) is 0 Å². The SMILES string of the molecule is FC(F)(F)[C@@H](Cl)Sc1ccccc1. The fourth-order valence-corrected chi connectivity index (χ4v) is 1.68. The number of rotatable bonds is 2. The zero-order chi connectivity index (χ0) is 9.90. The molecule has 0 amide bonds. The van der Waals surface area contributed by atoms with Crippen molar-refractivity contribution in [1.82, 2.24) is 0 Å². The van der Waals surface area contributed by atoms with Crippen molar-refractivity contribution >= 4 is 23.4 Å². The fourth-order valence-electron chi connectivity index (χ4n) is 0.685. The Morgan fingerprint density at radius 2 is 1.69 bits per heavy atom. The van der Waals surface area contributed by atoms with Gasteiger partial charge in [0, 0.05) is 4.90 Å². The molecule has 0 unspecified atom stereocenters. The summed E-state index contributed by atoms with van der Waals surface area (Å²) in [5.41, 5.74) is 0. The predicted molar refractivity (Wildman–Crippen MR) is 48.0 cm³/mol. The van der Waals surface area contributed by atoms with Gasteiger partial charge in [-0.05, 0) is 12.1 Å². The van der Waals surface area contributed by atoms with Gasteiger partial charge in [-0.3, -0.25) is 0 Å². The van der Waals surface area contributed by atoms with Gasteiger partial charge in [0.05, 0.1) is 0 Å². The molecule has 0 aromatic heterocycles. The van der Waals surface area contributed by atoms with E-state index in [0.717, 1.165) is 0 Å². The van der Waals surface area contributed by atoms with Gasteiger partial charge in [-0.25, -0.2) is 0 Å². The van der Waals surface area contributed by atoms with Crippen molar-refractivity contribution in [3.05, 3.63) is 30.3 Å². The minimum atomic E-state index is -4.36. The monoisotopic (exact) mass is 226 g/mol. The van der Waals surface area contributed by atoms with Crippen molar-refractivity contribution < 1.29 is 13.2 Å². The van der Waals surface area contributed by atoms with Crippen LogP contribution in [-0.4, -0.2) is 10.9 Å². The van der Waals surface area contributed by atoms with Crippen molar-refractivity contribution in [3.63, 3.8) is 0 Å². The Balaban J connectivity index is 2.61. The van der Waals surface area contributed by atoms with E-state index in [4.69, 9.17) is 11.6 Å². The summed E-state index contributed by atoms with van der Waals surface area (Å²) < 4.78 is 34.1. The Morgan fingerprint density at radius 3 is 2.15 bits per heavy atom. The van der Waals surface area contributed by atoms with E-state index in [0.29, 0.717) is 16.7 Å². The van der Waals surface area contributed by atoms with Crippen LogP contribution in [0.3, 0.4) is 0 Å². The van der Waals surface area contributed by atoms with Crippen LogP contribution in [0.25, 0.3) is 0 Å². The van der Waals surface area contributed by atoms with Crippen LogP contribution in [0.15, 0.2) is 35.2 Å². The summed E-state index contributed by atoms with van der Waals surface area (Å²) in [6.45, 7) is 0. The molecule has 0 saturated heterocycles. The van der Waals surface area contributed by atoms with E-state index in [9.17, 15) is 13.2 Å². The maximum atomic E-state index is 12.0. The van der Waals surface area contributed by atoms with Crippen LogP contribution < -0.4 is 0 Å². The minimum absolute atomic E-state index is 0.514. The van der Waals surface area contributed by atoms with E-state index >= 15 is 0 Å². The summed E-state index contributed by atoms with van der Waals surface area (Å²) in [6, 6.07) is 8.25. The molecule has 13 heavy (non-hydrogen) atoms. The van der Waals surface area contributed by atoms with Crippen LogP contribution in [0.1, 0.15) is 0 Å². The minimum Gasteiger partial charge on any atom is -0.168 e. The molecule has 0 spiro atoms. The molecule has 72 valence electrons. The van der Waals surface area contributed by atoms with E-state index in [-0.39, 0.29) is 0 Å². The maximum absolute atomic E-state index is 12.0. The van der Waals surface area contributed by atoms with Gasteiger partial charge < -0.3 is 0 Å². The second-order valence-corrected chi connectivity index (χ2v) is 4.16. The third-order valence-electron chi connectivity index (χ3n) is 1.24. The average molecular weight is 227 g/mol. The molecule has 1 rings (SSSR count). The molecule has 0 fully saturated rings. The average Bonchev–Trinajstić information content (AvgIpc) is 2.04. The molecule has 0 aliphatic heterocycles. The lowest BCUT2D eigenvalue weighted by Crippen LogP contribution is -2.19. The summed E-state index contributed by atoms with van der Waals surface area (Å²) in [4.78, 5) is 0.514. The van der Waals surface area contributed by atoms with Crippen LogP contribution in [0, 0.1) is 0 Å². The van der Waals surface area contributed by atoms with Crippen LogP contribution >= 0.6 is 23.4 Å². The van der Waals surface area contributed by atoms with Crippen LogP contribution in [0.4, 0.5) is 13.2 Å². The second-order valence-electron chi connectivity index (χ2n) is 2.29. The molecule has 1 atom stereocenters. The number of hydrogen-bond donors (Lipinski definition) is 0. The van der Waals surface area contributed by atoms with E-state index in [1.54, 1.807) is 30.3 Å². The Bertz CT molecular complexity index is 260. The molecule has 1 aromatic carbocycles. The molecule has 5 heteroatoms. The number of alkyl halides is 4. The first-order chi connectivity index (χ1) is 6.00. The van der Waals surface area contributed by atoms with Gasteiger partial charge in [0.2, 0.25) is 0 Å². The van der Waals surface area contributed by atoms with Crippen molar-refractivity contribution in [2.75, 3.05) is 0 Å². The van der Waals surface area contributed by atoms with Crippen molar-refractivity contribution in [2.24, 2.45) is 0 Å². The first-order valence-corrected chi connectivity index (χ1v) is 4.74. The predicted octanol–water partition coefficient (Wildman–Crippen LogP) is 3.91. The Kier molecular flexibility index (Phi) is 3.50. The fraction of sp³-hybridized carbons (Fsp3) is 0.250. The van der Waals surface area contributed by atoms with Crippen LogP contribution in [0.5, 0.6) is 0 Å². The smallest absolute Gasteiger partial charge is 0.168 e. The third-order valence-corrected chi connectivity index (χ3v) is 2.77. The highest BCUT2D eigenvalue weighted by Gasteiger charge is 2.38. The Labute approximate surface area is 83.1 Å². The highest BCUT2D eigenvalue weighted by Crippen LogP contribution is 2.37. The lowest BCUT2D eigenvalue weighted by atomic mass is 10.4. The summed E-state index contributed by atoms with van der Waals surface area (Å²) in [7, 11) is 0. The lowest BCUT2D eigenvalue weighted by molar-refractivity contribution is -0.113. The summed E-state index contributed by atoms with van der Waals surface area (Å²) in [6.07, 6.45) is -4.36. The molecule has 0 radical (unpaired) electrons. The molecule has 0 bridgehead atoms. The van der Waals surface area contributed by atoms with Crippen molar-refractivity contribution in [1.29, 1.82) is 0 Å². The summed E-state index contributed by atoms with van der Waals surface area (Å²) >= 11 is 5.72. The molecular formula is C8H6ClF3S. The zero-order valence-electron chi connectivity index (χ0n) is 6.38. The van der Waals surface area contributed by atoms with Crippen LogP contribution in [-0.2, 0) is 0 Å². The Hall–Kier alpha value is -0.350. The number of halogens is 4. The van der Waals surface area contributed by atoms with Gasteiger partial charge in [-0.15, -0.1) is 11.6 Å². The lowest BCUT2D eigenvalue weighted by Gasteiger charge is -2.12. The molecule has 0 N–H and O–H groups in total. The molecule has 0 heterocycles. The van der Waals surface area contributed by atoms with Crippen molar-refractivity contribution in [3.8, 4) is 0 Å². The highest BCUT2D eigenvalue weighted by atomic mass is 35.5. The van der Waals surface area contributed by atoms with E-state index in [1.165, 1.54) is 0 Å². The van der Waals surface area contributed by atoms with Crippen LogP contribution in [0.2, 0.25) is 0 Å². The molecular weight excluding hydrogens is 221 g/mol. The second kappa shape index (κ2) is 4.24. The molecule has 0 aliphatic rings. The highest BCUT2D eigenvalue weighted by molar-refractivity contribution is 8.01. The standard InChI is InChI=1S/C8H6ClF3S/c9-7(8(10,11)12)13-6-4-2-1-3-5-6/h1-5,7H/t7-/m0/s1.